The minimum absolute atomic E-state index is 0.452. The van der Waals surface area contributed by atoms with Crippen molar-refractivity contribution in [1.82, 2.24) is 14.4 Å². The Hall–Kier alpha value is -1.83. The predicted molar refractivity (Wildman–Crippen MR) is 79.8 cm³/mol. The molecule has 90 valence electrons. The van der Waals surface area contributed by atoms with Crippen molar-refractivity contribution < 1.29 is 0 Å². The van der Waals surface area contributed by atoms with Crippen molar-refractivity contribution in [1.29, 1.82) is 0 Å². The monoisotopic (exact) mass is 351 g/mol. The van der Waals surface area contributed by atoms with Crippen molar-refractivity contribution in [3.8, 4) is 0 Å². The molecule has 3 N–H and O–H groups in total. The molecule has 5 nitrogen and oxygen atoms in total. The summed E-state index contributed by atoms with van der Waals surface area (Å²) in [5.41, 5.74) is 7.48. The minimum Gasteiger partial charge on any atom is -0.382 e. The molecular formula is C12H10IN5. The van der Waals surface area contributed by atoms with E-state index in [1.54, 1.807) is 12.4 Å². The first-order valence-corrected chi connectivity index (χ1v) is 6.42. The molecule has 0 saturated carbocycles. The Morgan fingerprint density at radius 3 is 3.06 bits per heavy atom. The lowest BCUT2D eigenvalue weighted by Crippen LogP contribution is -2.01. The van der Waals surface area contributed by atoms with Gasteiger partial charge in [-0.3, -0.25) is 0 Å². The van der Waals surface area contributed by atoms with Gasteiger partial charge in [0.15, 0.2) is 11.5 Å². The average molecular weight is 351 g/mol. The molecular weight excluding hydrogens is 341 g/mol. The number of imidazole rings is 1. The average Bonchev–Trinajstić information content (AvgIpc) is 2.77. The summed E-state index contributed by atoms with van der Waals surface area (Å²) in [6.45, 7) is 0. The van der Waals surface area contributed by atoms with Crippen molar-refractivity contribution in [2.24, 2.45) is 0 Å². The highest BCUT2D eigenvalue weighted by molar-refractivity contribution is 14.1. The Labute approximate surface area is 117 Å². The minimum atomic E-state index is 0.452. The Morgan fingerprint density at radius 2 is 2.22 bits per heavy atom. The number of anilines is 3. The summed E-state index contributed by atoms with van der Waals surface area (Å²) in [6, 6.07) is 8.03. The Bertz CT molecular complexity index is 707. The van der Waals surface area contributed by atoms with Gasteiger partial charge in [0, 0.05) is 21.7 Å². The molecule has 0 radical (unpaired) electrons. The van der Waals surface area contributed by atoms with Crippen LogP contribution in [0.2, 0.25) is 0 Å². The number of aromatic nitrogens is 3. The maximum absolute atomic E-state index is 5.77. The summed E-state index contributed by atoms with van der Waals surface area (Å²) in [5.74, 6) is 1.11. The molecule has 0 aliphatic carbocycles. The van der Waals surface area contributed by atoms with Gasteiger partial charge in [-0.05, 0) is 40.8 Å². The zero-order valence-corrected chi connectivity index (χ0v) is 11.5. The second kappa shape index (κ2) is 4.45. The fourth-order valence-corrected chi connectivity index (χ4v) is 2.28. The maximum atomic E-state index is 5.77. The lowest BCUT2D eigenvalue weighted by molar-refractivity contribution is 1.14. The van der Waals surface area contributed by atoms with Crippen LogP contribution in [-0.4, -0.2) is 14.4 Å². The molecule has 0 amide bonds. The highest BCUT2D eigenvalue weighted by Gasteiger charge is 2.06. The highest BCUT2D eigenvalue weighted by atomic mass is 127. The first kappa shape index (κ1) is 11.3. The van der Waals surface area contributed by atoms with Gasteiger partial charge in [0.1, 0.15) is 5.82 Å². The second-order valence-electron chi connectivity index (χ2n) is 3.81. The van der Waals surface area contributed by atoms with E-state index in [0.29, 0.717) is 11.6 Å². The molecule has 0 aliphatic heterocycles. The number of nitrogens with two attached hydrogens (primary N) is 1. The van der Waals surface area contributed by atoms with Gasteiger partial charge in [0.05, 0.1) is 6.20 Å². The fraction of sp³-hybridized carbons (Fsp3) is 0. The van der Waals surface area contributed by atoms with Gasteiger partial charge in [-0.1, -0.05) is 6.07 Å². The van der Waals surface area contributed by atoms with Crippen molar-refractivity contribution >= 4 is 45.6 Å². The van der Waals surface area contributed by atoms with Crippen LogP contribution in [0.4, 0.5) is 17.3 Å². The van der Waals surface area contributed by atoms with Crippen molar-refractivity contribution in [3.05, 3.63) is 46.4 Å². The number of fused-ring (bicyclic) bond motifs is 1. The largest absolute Gasteiger partial charge is 0.382 e. The van der Waals surface area contributed by atoms with Crippen LogP contribution in [-0.2, 0) is 0 Å². The number of nitrogen functional groups attached to an aromatic ring is 1. The van der Waals surface area contributed by atoms with E-state index >= 15 is 0 Å². The molecule has 0 saturated heterocycles. The van der Waals surface area contributed by atoms with Crippen LogP contribution in [0.25, 0.3) is 5.65 Å². The van der Waals surface area contributed by atoms with Gasteiger partial charge in [0.25, 0.3) is 0 Å². The van der Waals surface area contributed by atoms with Gasteiger partial charge in [-0.2, -0.15) is 0 Å². The van der Waals surface area contributed by atoms with Crippen molar-refractivity contribution in [2.75, 3.05) is 11.1 Å². The first-order chi connectivity index (χ1) is 8.72. The van der Waals surface area contributed by atoms with E-state index in [2.05, 4.69) is 37.9 Å². The lowest BCUT2D eigenvalue weighted by Gasteiger charge is -2.08. The van der Waals surface area contributed by atoms with Crippen LogP contribution >= 0.6 is 22.6 Å². The van der Waals surface area contributed by atoms with Gasteiger partial charge >= 0.3 is 0 Å². The number of nitrogens with zero attached hydrogens (tertiary/aromatic N) is 3. The molecule has 0 spiro atoms. The molecule has 3 aromatic rings. The number of hydrogen-bond donors (Lipinski definition) is 2. The Morgan fingerprint density at radius 1 is 1.33 bits per heavy atom. The maximum Gasteiger partial charge on any atom is 0.180 e. The Balaban J connectivity index is 2.06. The third-order valence-corrected chi connectivity index (χ3v) is 3.15. The number of hydrogen-bond acceptors (Lipinski definition) is 4. The molecule has 0 aliphatic rings. The van der Waals surface area contributed by atoms with E-state index in [1.807, 2.05) is 34.9 Å². The Kier molecular flexibility index (Phi) is 2.78. The molecule has 2 heterocycles. The van der Waals surface area contributed by atoms with E-state index in [0.717, 1.165) is 14.9 Å². The molecule has 18 heavy (non-hydrogen) atoms. The van der Waals surface area contributed by atoms with Gasteiger partial charge in [-0.15, -0.1) is 0 Å². The lowest BCUT2D eigenvalue weighted by atomic mass is 10.3. The zero-order valence-electron chi connectivity index (χ0n) is 9.34. The number of rotatable bonds is 2. The predicted octanol–water partition coefficient (Wildman–Crippen LogP) is 2.66. The molecule has 0 atom stereocenters. The molecule has 3 rings (SSSR count). The van der Waals surface area contributed by atoms with Crippen LogP contribution in [0.5, 0.6) is 0 Å². The number of halogens is 1. The van der Waals surface area contributed by atoms with E-state index in [9.17, 15) is 0 Å². The van der Waals surface area contributed by atoms with E-state index in [-0.39, 0.29) is 0 Å². The second-order valence-corrected chi connectivity index (χ2v) is 5.05. The molecule has 1 aromatic carbocycles. The molecule has 0 unspecified atom stereocenters. The van der Waals surface area contributed by atoms with Gasteiger partial charge in [-0.25, -0.2) is 9.97 Å². The van der Waals surface area contributed by atoms with Crippen molar-refractivity contribution in [3.63, 3.8) is 0 Å². The third kappa shape index (κ3) is 2.10. The van der Waals surface area contributed by atoms with E-state index in [1.165, 1.54) is 0 Å². The fourth-order valence-electron chi connectivity index (χ4n) is 1.74. The normalized spacial score (nSPS) is 10.7. The van der Waals surface area contributed by atoms with Crippen LogP contribution in [0.1, 0.15) is 0 Å². The van der Waals surface area contributed by atoms with Crippen LogP contribution in [0.15, 0.2) is 42.9 Å². The van der Waals surface area contributed by atoms with Gasteiger partial charge < -0.3 is 15.5 Å². The number of benzene rings is 1. The standard InChI is InChI=1S/C12H10IN5/c13-8-2-1-3-9(6-8)16-11-12-15-4-5-18(12)7-10(14)17-11/h1-7H,14H2,(H,16,17). The summed E-state index contributed by atoms with van der Waals surface area (Å²) < 4.78 is 3.00. The van der Waals surface area contributed by atoms with Crippen molar-refractivity contribution in [2.45, 2.75) is 0 Å². The SMILES string of the molecule is Nc1cn2ccnc2c(Nc2cccc(I)c2)n1. The zero-order chi connectivity index (χ0) is 12.5. The summed E-state index contributed by atoms with van der Waals surface area (Å²) >= 11 is 2.27. The number of nitrogens with one attached hydrogen (secondary N) is 1. The van der Waals surface area contributed by atoms with E-state index in [4.69, 9.17) is 5.73 Å². The van der Waals surface area contributed by atoms with Gasteiger partial charge in [0.2, 0.25) is 0 Å². The molecule has 6 heteroatoms. The summed E-state index contributed by atoms with van der Waals surface area (Å²) in [6.07, 6.45) is 5.30. The summed E-state index contributed by atoms with van der Waals surface area (Å²) in [5, 5.41) is 3.24. The molecule has 2 aromatic heterocycles. The quantitative estimate of drug-likeness (QED) is 0.697. The van der Waals surface area contributed by atoms with Crippen LogP contribution in [0.3, 0.4) is 0 Å². The molecule has 0 fully saturated rings. The highest BCUT2D eigenvalue weighted by Crippen LogP contribution is 2.21. The topological polar surface area (TPSA) is 68.2 Å². The molecule has 0 bridgehead atoms. The van der Waals surface area contributed by atoms with E-state index < -0.39 is 0 Å². The van der Waals surface area contributed by atoms with Crippen LogP contribution in [0, 0.1) is 3.57 Å². The van der Waals surface area contributed by atoms with Crippen LogP contribution < -0.4 is 11.1 Å². The summed E-state index contributed by atoms with van der Waals surface area (Å²) in [7, 11) is 0. The first-order valence-electron chi connectivity index (χ1n) is 5.34. The summed E-state index contributed by atoms with van der Waals surface area (Å²) in [4.78, 5) is 8.54. The smallest absolute Gasteiger partial charge is 0.180 e. The third-order valence-electron chi connectivity index (χ3n) is 2.48.